The van der Waals surface area contributed by atoms with Crippen LogP contribution in [0.25, 0.3) is 11.1 Å². The van der Waals surface area contributed by atoms with Crippen LogP contribution in [0.5, 0.6) is 0 Å². The highest BCUT2D eigenvalue weighted by Gasteiger charge is 2.32. The van der Waals surface area contributed by atoms with Gasteiger partial charge >= 0.3 is 6.09 Å². The Morgan fingerprint density at radius 3 is 2.15 bits per heavy atom. The smallest absolute Gasteiger partial charge is 0.434 e. The minimum absolute atomic E-state index is 0.0310. The zero-order valence-electron chi connectivity index (χ0n) is 15.3. The van der Waals surface area contributed by atoms with Crippen molar-refractivity contribution in [1.29, 1.82) is 0 Å². The molecule has 5 nitrogen and oxygen atoms in total. The molecule has 0 saturated heterocycles. The van der Waals surface area contributed by atoms with Crippen LogP contribution in [0.2, 0.25) is 0 Å². The SMILES string of the molecule is CC(C)[C@@H](C=O)N(OCI)C(=O)OCC1c2ccccc2-c2ccccc21. The van der Waals surface area contributed by atoms with E-state index < -0.39 is 12.1 Å². The number of hydrogen-bond acceptors (Lipinski definition) is 4. The van der Waals surface area contributed by atoms with E-state index in [4.69, 9.17) is 9.57 Å². The molecule has 0 fully saturated rings. The summed E-state index contributed by atoms with van der Waals surface area (Å²) >= 11 is 1.99. The second-order valence-electron chi connectivity index (χ2n) is 6.74. The molecule has 0 N–H and O–H groups in total. The average molecular weight is 479 g/mol. The van der Waals surface area contributed by atoms with Gasteiger partial charge in [-0.25, -0.2) is 4.79 Å². The van der Waals surface area contributed by atoms with Crippen LogP contribution in [-0.2, 0) is 14.4 Å². The van der Waals surface area contributed by atoms with Gasteiger partial charge in [0, 0.05) is 5.92 Å². The predicted octanol–water partition coefficient (Wildman–Crippen LogP) is 4.79. The van der Waals surface area contributed by atoms with Gasteiger partial charge in [0.05, 0.1) is 0 Å². The maximum absolute atomic E-state index is 12.6. The molecule has 2 aromatic rings. The van der Waals surface area contributed by atoms with Crippen molar-refractivity contribution in [3.05, 3.63) is 59.7 Å². The fourth-order valence-electron chi connectivity index (χ4n) is 3.45. The summed E-state index contributed by atoms with van der Waals surface area (Å²) in [6.45, 7) is 3.91. The fourth-order valence-corrected chi connectivity index (χ4v) is 3.75. The third-order valence-corrected chi connectivity index (χ3v) is 5.08. The van der Waals surface area contributed by atoms with Crippen molar-refractivity contribution in [2.75, 3.05) is 11.2 Å². The first-order valence-corrected chi connectivity index (χ1v) is 10.4. The Kier molecular flexibility index (Phi) is 6.49. The van der Waals surface area contributed by atoms with E-state index >= 15 is 0 Å². The van der Waals surface area contributed by atoms with Crippen molar-refractivity contribution >= 4 is 35.0 Å². The number of aldehydes is 1. The van der Waals surface area contributed by atoms with E-state index in [1.807, 2.05) is 60.7 Å². The molecule has 1 atom stereocenters. The van der Waals surface area contributed by atoms with Crippen LogP contribution in [0, 0.1) is 5.92 Å². The predicted molar refractivity (Wildman–Crippen MR) is 112 cm³/mol. The Labute approximate surface area is 172 Å². The first-order chi connectivity index (χ1) is 13.1. The number of fused-ring (bicyclic) bond motifs is 3. The Balaban J connectivity index is 1.79. The number of nitrogens with zero attached hydrogens (tertiary/aromatic N) is 1. The first-order valence-electron chi connectivity index (χ1n) is 8.86. The summed E-state index contributed by atoms with van der Waals surface area (Å²) in [7, 11) is 0. The van der Waals surface area contributed by atoms with Crippen LogP contribution < -0.4 is 0 Å². The second kappa shape index (κ2) is 8.84. The lowest BCUT2D eigenvalue weighted by Gasteiger charge is -2.28. The number of alkyl halides is 1. The zero-order chi connectivity index (χ0) is 19.4. The van der Waals surface area contributed by atoms with Gasteiger partial charge in [-0.2, -0.15) is 5.06 Å². The highest BCUT2D eigenvalue weighted by atomic mass is 127. The molecule has 0 bridgehead atoms. The number of ether oxygens (including phenoxy) is 1. The molecule has 0 saturated carbocycles. The summed E-state index contributed by atoms with van der Waals surface area (Å²) < 4.78 is 5.84. The van der Waals surface area contributed by atoms with E-state index in [-0.39, 0.29) is 23.1 Å². The molecule has 1 amide bonds. The van der Waals surface area contributed by atoms with Gasteiger partial charge in [-0.3, -0.25) is 4.84 Å². The highest BCUT2D eigenvalue weighted by molar-refractivity contribution is 14.1. The van der Waals surface area contributed by atoms with Gasteiger partial charge < -0.3 is 9.53 Å². The number of benzene rings is 2. The van der Waals surface area contributed by atoms with Gasteiger partial charge in [0.1, 0.15) is 23.5 Å². The number of hydroxylamine groups is 2. The quantitative estimate of drug-likeness (QED) is 0.248. The van der Waals surface area contributed by atoms with E-state index in [0.717, 1.165) is 22.5 Å². The molecule has 0 unspecified atom stereocenters. The zero-order valence-corrected chi connectivity index (χ0v) is 17.5. The summed E-state index contributed by atoms with van der Waals surface area (Å²) in [5.41, 5.74) is 4.62. The lowest BCUT2D eigenvalue weighted by Crippen LogP contribution is -2.44. The molecule has 2 aromatic carbocycles. The van der Waals surface area contributed by atoms with E-state index in [0.29, 0.717) is 0 Å². The van der Waals surface area contributed by atoms with Gasteiger partial charge in [-0.15, -0.1) is 0 Å². The van der Waals surface area contributed by atoms with Crippen LogP contribution in [0.1, 0.15) is 30.9 Å². The normalized spacial score (nSPS) is 13.8. The summed E-state index contributed by atoms with van der Waals surface area (Å²) in [5, 5.41) is 1.05. The monoisotopic (exact) mass is 479 g/mol. The van der Waals surface area contributed by atoms with Crippen LogP contribution in [0.4, 0.5) is 4.79 Å². The standard InChI is InChI=1S/C21H22INO4/c1-14(2)20(11-24)23(27-13-22)21(25)26-12-19-17-9-5-3-7-15(17)16-8-4-6-10-18(16)19/h3-11,14,19-20H,12-13H2,1-2H3/t20-/m1/s1. The molecule has 0 aliphatic heterocycles. The summed E-state index contributed by atoms with van der Waals surface area (Å²) in [5.74, 6) is -0.109. The summed E-state index contributed by atoms with van der Waals surface area (Å²) in [6, 6.07) is 15.6. The first kappa shape index (κ1) is 19.8. The average Bonchev–Trinajstić information content (AvgIpc) is 3.00. The maximum Gasteiger partial charge on any atom is 0.434 e. The van der Waals surface area contributed by atoms with Crippen LogP contribution in [-0.4, -0.2) is 34.7 Å². The number of halogens is 1. The maximum atomic E-state index is 12.6. The molecule has 0 heterocycles. The molecule has 1 aliphatic carbocycles. The molecular formula is C21H22INO4. The molecule has 0 spiro atoms. The van der Waals surface area contributed by atoms with Gasteiger partial charge in [0.2, 0.25) is 0 Å². The van der Waals surface area contributed by atoms with Gasteiger partial charge in [0.25, 0.3) is 0 Å². The largest absolute Gasteiger partial charge is 0.447 e. The minimum atomic E-state index is -0.685. The Morgan fingerprint density at radius 2 is 1.67 bits per heavy atom. The molecule has 27 heavy (non-hydrogen) atoms. The van der Waals surface area contributed by atoms with E-state index in [2.05, 4.69) is 24.3 Å². The molecule has 0 radical (unpaired) electrons. The van der Waals surface area contributed by atoms with Gasteiger partial charge in [-0.1, -0.05) is 85.0 Å². The molecule has 1 aliphatic rings. The van der Waals surface area contributed by atoms with Crippen molar-refractivity contribution in [2.24, 2.45) is 5.92 Å². The number of carbonyl (C=O) groups is 2. The molecule has 3 rings (SSSR count). The van der Waals surface area contributed by atoms with Gasteiger partial charge in [0.15, 0.2) is 0 Å². The van der Waals surface area contributed by atoms with Crippen molar-refractivity contribution < 1.29 is 19.2 Å². The van der Waals surface area contributed by atoms with Crippen molar-refractivity contribution in [3.63, 3.8) is 0 Å². The Bertz CT molecular complexity index is 778. The third-order valence-electron chi connectivity index (χ3n) is 4.80. The molecular weight excluding hydrogens is 457 g/mol. The summed E-state index contributed by atoms with van der Waals surface area (Å²) in [4.78, 5) is 29.4. The number of carbonyl (C=O) groups excluding carboxylic acids is 2. The van der Waals surface area contributed by atoms with Gasteiger partial charge in [-0.05, 0) is 28.2 Å². The Morgan fingerprint density at radius 1 is 1.11 bits per heavy atom. The van der Waals surface area contributed by atoms with Crippen molar-refractivity contribution in [1.82, 2.24) is 5.06 Å². The van der Waals surface area contributed by atoms with E-state index in [1.54, 1.807) is 0 Å². The number of rotatable bonds is 7. The number of hydrogen-bond donors (Lipinski definition) is 0. The van der Waals surface area contributed by atoms with Crippen molar-refractivity contribution in [3.8, 4) is 11.1 Å². The Hall–Kier alpha value is -1.93. The number of amides is 1. The second-order valence-corrected chi connectivity index (χ2v) is 7.36. The van der Waals surface area contributed by atoms with Crippen LogP contribution in [0.15, 0.2) is 48.5 Å². The summed E-state index contributed by atoms with van der Waals surface area (Å²) in [6.07, 6.45) is 0.0811. The molecule has 0 aromatic heterocycles. The lowest BCUT2D eigenvalue weighted by molar-refractivity contribution is -0.156. The van der Waals surface area contributed by atoms with Crippen LogP contribution >= 0.6 is 22.6 Å². The third kappa shape index (κ3) is 4.01. The van der Waals surface area contributed by atoms with E-state index in [1.165, 1.54) is 11.1 Å². The van der Waals surface area contributed by atoms with Crippen molar-refractivity contribution in [2.45, 2.75) is 25.8 Å². The molecule has 142 valence electrons. The highest BCUT2D eigenvalue weighted by Crippen LogP contribution is 2.44. The topological polar surface area (TPSA) is 55.8 Å². The van der Waals surface area contributed by atoms with Crippen LogP contribution in [0.3, 0.4) is 0 Å². The van der Waals surface area contributed by atoms with E-state index in [9.17, 15) is 9.59 Å². The lowest BCUT2D eigenvalue weighted by atomic mass is 9.98. The fraction of sp³-hybridized carbons (Fsp3) is 0.333. The molecule has 6 heteroatoms. The minimum Gasteiger partial charge on any atom is -0.447 e.